The first kappa shape index (κ1) is 12.3. The van der Waals surface area contributed by atoms with E-state index in [-0.39, 0.29) is 5.97 Å². The second-order valence-electron chi connectivity index (χ2n) is 5.71. The largest absolute Gasteiger partial charge is 0.468 e. The lowest BCUT2D eigenvalue weighted by molar-refractivity contribution is -0.143. The second-order valence-corrected chi connectivity index (χ2v) is 6.67. The fraction of sp³-hybridized carbons (Fsp3) is 0.692. The molecule has 4 rings (SSSR count). The average molecular weight is 292 g/mol. The standard InChI is InChI=1S/C13H16N4O2S/c1-19-11(18)13(6-7-13)10-16-17-9(8-4-2-3-5-8)14-15-12(17)20-10/h8H,2-7H2,1H3. The average Bonchev–Trinajstić information content (AvgIpc) is 2.86. The number of hydrogen-bond donors (Lipinski definition) is 0. The van der Waals surface area contributed by atoms with Crippen molar-refractivity contribution in [3.63, 3.8) is 0 Å². The summed E-state index contributed by atoms with van der Waals surface area (Å²) < 4.78 is 6.76. The highest BCUT2D eigenvalue weighted by atomic mass is 32.1. The van der Waals surface area contributed by atoms with Gasteiger partial charge in [-0.15, -0.1) is 10.2 Å². The number of methoxy groups -OCH3 is 1. The first-order valence-corrected chi connectivity index (χ1v) is 7.87. The zero-order valence-electron chi connectivity index (χ0n) is 11.3. The van der Waals surface area contributed by atoms with Gasteiger partial charge in [-0.2, -0.15) is 9.61 Å². The Kier molecular flexibility index (Phi) is 2.60. The van der Waals surface area contributed by atoms with Crippen molar-refractivity contribution in [1.82, 2.24) is 19.8 Å². The van der Waals surface area contributed by atoms with E-state index in [9.17, 15) is 4.79 Å². The molecular weight excluding hydrogens is 276 g/mol. The van der Waals surface area contributed by atoms with E-state index in [0.29, 0.717) is 5.92 Å². The molecule has 106 valence electrons. The molecule has 2 aliphatic carbocycles. The topological polar surface area (TPSA) is 69.4 Å². The summed E-state index contributed by atoms with van der Waals surface area (Å²) in [5, 5.41) is 14.0. The number of esters is 1. The van der Waals surface area contributed by atoms with Crippen molar-refractivity contribution in [3.8, 4) is 0 Å². The molecule has 0 unspecified atom stereocenters. The van der Waals surface area contributed by atoms with Crippen molar-refractivity contribution >= 4 is 22.3 Å². The summed E-state index contributed by atoms with van der Waals surface area (Å²) in [7, 11) is 1.44. The Morgan fingerprint density at radius 3 is 2.75 bits per heavy atom. The predicted octanol–water partition coefficient (Wildman–Crippen LogP) is 2.05. The van der Waals surface area contributed by atoms with Gasteiger partial charge in [-0.1, -0.05) is 24.2 Å². The fourth-order valence-electron chi connectivity index (χ4n) is 3.09. The molecule has 2 aromatic heterocycles. The zero-order valence-corrected chi connectivity index (χ0v) is 12.2. The van der Waals surface area contributed by atoms with Crippen molar-refractivity contribution in [2.75, 3.05) is 7.11 Å². The molecule has 2 saturated carbocycles. The summed E-state index contributed by atoms with van der Waals surface area (Å²) in [6, 6.07) is 0. The summed E-state index contributed by atoms with van der Waals surface area (Å²) in [5.74, 6) is 1.25. The Hall–Kier alpha value is -1.50. The van der Waals surface area contributed by atoms with Gasteiger partial charge >= 0.3 is 5.97 Å². The molecule has 0 atom stereocenters. The smallest absolute Gasteiger partial charge is 0.318 e. The number of fused-ring (bicyclic) bond motifs is 1. The van der Waals surface area contributed by atoms with Gasteiger partial charge in [0, 0.05) is 5.92 Å². The van der Waals surface area contributed by atoms with Gasteiger partial charge in [-0.3, -0.25) is 4.79 Å². The van der Waals surface area contributed by atoms with Gasteiger partial charge in [0.15, 0.2) is 5.82 Å². The summed E-state index contributed by atoms with van der Waals surface area (Å²) in [5.41, 5.74) is -0.507. The number of aromatic nitrogens is 4. The molecule has 0 spiro atoms. The Labute approximate surface area is 120 Å². The van der Waals surface area contributed by atoms with Gasteiger partial charge in [0.05, 0.1) is 7.11 Å². The van der Waals surface area contributed by atoms with Crippen molar-refractivity contribution in [2.45, 2.75) is 49.9 Å². The van der Waals surface area contributed by atoms with E-state index in [1.165, 1.54) is 31.3 Å². The summed E-state index contributed by atoms with van der Waals surface area (Å²) in [6.45, 7) is 0. The van der Waals surface area contributed by atoms with E-state index in [2.05, 4.69) is 15.3 Å². The molecule has 2 aromatic rings. The molecule has 0 aromatic carbocycles. The van der Waals surface area contributed by atoms with E-state index in [1.54, 1.807) is 0 Å². The minimum absolute atomic E-state index is 0.176. The Morgan fingerprint density at radius 1 is 1.35 bits per heavy atom. The number of nitrogens with zero attached hydrogens (tertiary/aromatic N) is 4. The molecule has 0 N–H and O–H groups in total. The van der Waals surface area contributed by atoms with E-state index in [1.807, 2.05) is 4.52 Å². The van der Waals surface area contributed by atoms with E-state index in [4.69, 9.17) is 4.74 Å². The summed E-state index contributed by atoms with van der Waals surface area (Å²) >= 11 is 1.47. The normalized spacial score (nSPS) is 21.4. The number of ether oxygens (including phenoxy) is 1. The van der Waals surface area contributed by atoms with Crippen molar-refractivity contribution in [1.29, 1.82) is 0 Å². The molecule has 2 fully saturated rings. The number of carbonyl (C=O) groups is 1. The van der Waals surface area contributed by atoms with Crippen LogP contribution in [0.2, 0.25) is 0 Å². The van der Waals surface area contributed by atoms with Gasteiger partial charge < -0.3 is 4.74 Å². The molecule has 0 bridgehead atoms. The first-order valence-electron chi connectivity index (χ1n) is 7.06. The van der Waals surface area contributed by atoms with Crippen LogP contribution in [0.15, 0.2) is 0 Å². The van der Waals surface area contributed by atoms with Crippen LogP contribution >= 0.6 is 11.3 Å². The minimum Gasteiger partial charge on any atom is -0.468 e. The van der Waals surface area contributed by atoms with Crippen molar-refractivity contribution in [3.05, 3.63) is 10.8 Å². The molecule has 2 aliphatic rings. The highest BCUT2D eigenvalue weighted by Gasteiger charge is 2.55. The maximum Gasteiger partial charge on any atom is 0.318 e. The lowest BCUT2D eigenvalue weighted by Crippen LogP contribution is -2.22. The van der Waals surface area contributed by atoms with Crippen LogP contribution in [0.5, 0.6) is 0 Å². The van der Waals surface area contributed by atoms with Crippen LogP contribution < -0.4 is 0 Å². The SMILES string of the molecule is COC(=O)C1(c2nn3c(C4CCCC4)nnc3s2)CC1. The second kappa shape index (κ2) is 4.25. The highest BCUT2D eigenvalue weighted by Crippen LogP contribution is 2.50. The summed E-state index contributed by atoms with van der Waals surface area (Å²) in [4.78, 5) is 12.7. The van der Waals surface area contributed by atoms with Crippen LogP contribution in [0.3, 0.4) is 0 Å². The fourth-order valence-corrected chi connectivity index (χ4v) is 4.17. The Balaban J connectivity index is 1.75. The van der Waals surface area contributed by atoms with Gasteiger partial charge in [-0.05, 0) is 25.7 Å². The molecular formula is C13H16N4O2S. The van der Waals surface area contributed by atoms with Crippen molar-refractivity contribution in [2.24, 2.45) is 0 Å². The van der Waals surface area contributed by atoms with Crippen LogP contribution in [-0.2, 0) is 14.9 Å². The minimum atomic E-state index is -0.507. The summed E-state index contributed by atoms with van der Waals surface area (Å²) in [6.07, 6.45) is 6.47. The van der Waals surface area contributed by atoms with Crippen LogP contribution in [-0.4, -0.2) is 32.9 Å². The van der Waals surface area contributed by atoms with Gasteiger partial charge in [-0.25, -0.2) is 0 Å². The third-order valence-electron chi connectivity index (χ3n) is 4.47. The first-order chi connectivity index (χ1) is 9.74. The maximum atomic E-state index is 11.9. The lowest BCUT2D eigenvalue weighted by atomic mass is 10.1. The van der Waals surface area contributed by atoms with E-state index in [0.717, 1.165) is 41.5 Å². The van der Waals surface area contributed by atoms with Crippen molar-refractivity contribution < 1.29 is 9.53 Å². The predicted molar refractivity (Wildman–Crippen MR) is 72.8 cm³/mol. The lowest BCUT2D eigenvalue weighted by Gasteiger charge is -2.08. The van der Waals surface area contributed by atoms with E-state index >= 15 is 0 Å². The van der Waals surface area contributed by atoms with Crippen LogP contribution in [0.1, 0.15) is 55.3 Å². The number of carbonyl (C=O) groups excluding carboxylic acids is 1. The Morgan fingerprint density at radius 2 is 2.10 bits per heavy atom. The van der Waals surface area contributed by atoms with Gasteiger partial charge in [0.1, 0.15) is 10.4 Å². The zero-order chi connectivity index (χ0) is 13.7. The third kappa shape index (κ3) is 1.62. The van der Waals surface area contributed by atoms with Gasteiger partial charge in [0.2, 0.25) is 4.96 Å². The molecule has 0 saturated heterocycles. The van der Waals surface area contributed by atoms with E-state index < -0.39 is 5.41 Å². The molecule has 20 heavy (non-hydrogen) atoms. The van der Waals surface area contributed by atoms with Crippen LogP contribution in [0, 0.1) is 0 Å². The van der Waals surface area contributed by atoms with Gasteiger partial charge in [0.25, 0.3) is 0 Å². The molecule has 6 nitrogen and oxygen atoms in total. The number of hydrogen-bond acceptors (Lipinski definition) is 6. The Bertz CT molecular complexity index is 667. The van der Waals surface area contributed by atoms with Crippen LogP contribution in [0.4, 0.5) is 0 Å². The quantitative estimate of drug-likeness (QED) is 0.810. The molecule has 7 heteroatoms. The molecule has 0 aliphatic heterocycles. The number of rotatable bonds is 3. The monoisotopic (exact) mass is 292 g/mol. The third-order valence-corrected chi connectivity index (χ3v) is 5.57. The molecule has 0 amide bonds. The highest BCUT2D eigenvalue weighted by molar-refractivity contribution is 7.17. The maximum absolute atomic E-state index is 11.9. The van der Waals surface area contributed by atoms with Crippen LogP contribution in [0.25, 0.3) is 4.96 Å². The molecule has 0 radical (unpaired) electrons. The molecule has 2 heterocycles.